The zero-order valence-electron chi connectivity index (χ0n) is 9.40. The fraction of sp³-hybridized carbons (Fsp3) is 0.231. The smallest absolute Gasteiger partial charge is 0.121 e. The second kappa shape index (κ2) is 4.58. The lowest BCUT2D eigenvalue weighted by Gasteiger charge is -2.16. The topological polar surface area (TPSA) is 32.3 Å². The molecule has 0 fully saturated rings. The van der Waals surface area contributed by atoms with Gasteiger partial charge in [-0.1, -0.05) is 12.1 Å². The van der Waals surface area contributed by atoms with Crippen molar-refractivity contribution >= 4 is 17.0 Å². The summed E-state index contributed by atoms with van der Waals surface area (Å²) in [4.78, 5) is 0. The maximum Gasteiger partial charge on any atom is 0.121 e. The monoisotopic (exact) mass is 233 g/mol. The number of phenolic OH excluding ortho intramolecular Hbond substituents is 1. The van der Waals surface area contributed by atoms with Gasteiger partial charge in [-0.25, -0.2) is 0 Å². The minimum absolute atomic E-state index is 0.107. The third kappa shape index (κ3) is 2.36. The van der Waals surface area contributed by atoms with Gasteiger partial charge >= 0.3 is 0 Å². The predicted octanol–water partition coefficient (Wildman–Crippen LogP) is 3.94. The van der Waals surface area contributed by atoms with Crippen molar-refractivity contribution in [2.24, 2.45) is 0 Å². The van der Waals surface area contributed by atoms with Crippen molar-refractivity contribution in [2.75, 3.05) is 5.32 Å². The standard InChI is InChI=1S/C13H15NOS/c1-9-3-4-12(13(15)7-9)10(2)14-11-5-6-16-8-11/h3-8,10,14-15H,1-2H3. The van der Waals surface area contributed by atoms with Crippen LogP contribution < -0.4 is 5.32 Å². The van der Waals surface area contributed by atoms with Gasteiger partial charge in [0.1, 0.15) is 5.75 Å². The van der Waals surface area contributed by atoms with Crippen LogP contribution in [0.15, 0.2) is 35.0 Å². The van der Waals surface area contributed by atoms with Crippen molar-refractivity contribution < 1.29 is 5.11 Å². The summed E-state index contributed by atoms with van der Waals surface area (Å²) in [6.45, 7) is 4.02. The predicted molar refractivity (Wildman–Crippen MR) is 69.2 cm³/mol. The van der Waals surface area contributed by atoms with Gasteiger partial charge in [0, 0.05) is 16.6 Å². The molecule has 0 aliphatic heterocycles. The van der Waals surface area contributed by atoms with Crippen LogP contribution in [0.5, 0.6) is 5.75 Å². The number of rotatable bonds is 3. The molecule has 1 aromatic heterocycles. The molecule has 0 saturated carbocycles. The minimum atomic E-state index is 0.107. The molecule has 84 valence electrons. The number of anilines is 1. The van der Waals surface area contributed by atoms with Crippen LogP contribution in [0.3, 0.4) is 0 Å². The van der Waals surface area contributed by atoms with E-state index in [-0.39, 0.29) is 6.04 Å². The molecule has 1 aromatic carbocycles. The highest BCUT2D eigenvalue weighted by Crippen LogP contribution is 2.28. The lowest BCUT2D eigenvalue weighted by molar-refractivity contribution is 0.465. The van der Waals surface area contributed by atoms with Crippen LogP contribution in [-0.2, 0) is 0 Å². The summed E-state index contributed by atoms with van der Waals surface area (Å²) in [6.07, 6.45) is 0. The Morgan fingerprint density at radius 3 is 2.75 bits per heavy atom. The number of hydrogen-bond acceptors (Lipinski definition) is 3. The Morgan fingerprint density at radius 1 is 1.31 bits per heavy atom. The largest absolute Gasteiger partial charge is 0.508 e. The zero-order valence-corrected chi connectivity index (χ0v) is 10.2. The molecule has 0 saturated heterocycles. The summed E-state index contributed by atoms with van der Waals surface area (Å²) in [5, 5.41) is 17.3. The van der Waals surface area contributed by atoms with Crippen molar-refractivity contribution in [3.8, 4) is 5.75 Å². The first kappa shape index (κ1) is 11.0. The van der Waals surface area contributed by atoms with E-state index in [1.807, 2.05) is 37.4 Å². The lowest BCUT2D eigenvalue weighted by Crippen LogP contribution is -2.06. The van der Waals surface area contributed by atoms with E-state index in [9.17, 15) is 5.11 Å². The minimum Gasteiger partial charge on any atom is -0.508 e. The van der Waals surface area contributed by atoms with Crippen molar-refractivity contribution in [2.45, 2.75) is 19.9 Å². The van der Waals surface area contributed by atoms with Crippen LogP contribution in [-0.4, -0.2) is 5.11 Å². The van der Waals surface area contributed by atoms with Crippen LogP contribution in [0.1, 0.15) is 24.1 Å². The summed E-state index contributed by atoms with van der Waals surface area (Å²) in [5.41, 5.74) is 3.10. The van der Waals surface area contributed by atoms with E-state index in [4.69, 9.17) is 0 Å². The van der Waals surface area contributed by atoms with Crippen LogP contribution in [0.25, 0.3) is 0 Å². The third-order valence-electron chi connectivity index (χ3n) is 2.56. The maximum absolute atomic E-state index is 9.85. The van der Waals surface area contributed by atoms with Crippen molar-refractivity contribution in [3.05, 3.63) is 46.2 Å². The molecule has 2 N–H and O–H groups in total. The Balaban J connectivity index is 2.17. The van der Waals surface area contributed by atoms with Crippen LogP contribution >= 0.6 is 11.3 Å². The lowest BCUT2D eigenvalue weighted by atomic mass is 10.1. The molecule has 0 spiro atoms. The van der Waals surface area contributed by atoms with E-state index in [1.165, 1.54) is 0 Å². The molecule has 0 aliphatic carbocycles. The van der Waals surface area contributed by atoms with E-state index in [1.54, 1.807) is 17.4 Å². The number of nitrogens with one attached hydrogen (secondary N) is 1. The number of benzene rings is 1. The van der Waals surface area contributed by atoms with Crippen molar-refractivity contribution in [1.82, 2.24) is 0 Å². The fourth-order valence-electron chi connectivity index (χ4n) is 1.69. The maximum atomic E-state index is 9.85. The van der Waals surface area contributed by atoms with E-state index in [0.717, 1.165) is 16.8 Å². The number of aryl methyl sites for hydroxylation is 1. The SMILES string of the molecule is Cc1ccc(C(C)Nc2ccsc2)c(O)c1. The van der Waals surface area contributed by atoms with E-state index >= 15 is 0 Å². The molecule has 0 amide bonds. The second-order valence-electron chi connectivity index (χ2n) is 3.94. The third-order valence-corrected chi connectivity index (χ3v) is 3.24. The first-order valence-corrected chi connectivity index (χ1v) is 6.19. The Labute approximate surface area is 99.6 Å². The van der Waals surface area contributed by atoms with Gasteiger partial charge in [-0.05, 0) is 36.9 Å². The van der Waals surface area contributed by atoms with Gasteiger partial charge < -0.3 is 10.4 Å². The number of aromatic hydroxyl groups is 1. The van der Waals surface area contributed by atoms with Gasteiger partial charge in [0.15, 0.2) is 0 Å². The normalized spacial score (nSPS) is 12.4. The second-order valence-corrected chi connectivity index (χ2v) is 4.72. The fourth-order valence-corrected chi connectivity index (χ4v) is 2.29. The molecule has 2 aromatic rings. The number of hydrogen-bond donors (Lipinski definition) is 2. The highest BCUT2D eigenvalue weighted by molar-refractivity contribution is 7.08. The van der Waals surface area contributed by atoms with Gasteiger partial charge in [-0.2, -0.15) is 11.3 Å². The van der Waals surface area contributed by atoms with Crippen molar-refractivity contribution in [3.63, 3.8) is 0 Å². The molecular weight excluding hydrogens is 218 g/mol. The van der Waals surface area contributed by atoms with Gasteiger partial charge in [0.25, 0.3) is 0 Å². The molecule has 2 nitrogen and oxygen atoms in total. The molecule has 0 aliphatic rings. The zero-order chi connectivity index (χ0) is 11.5. The quantitative estimate of drug-likeness (QED) is 0.841. The molecule has 1 heterocycles. The average Bonchev–Trinajstić information content (AvgIpc) is 2.70. The van der Waals surface area contributed by atoms with Gasteiger partial charge in [-0.3, -0.25) is 0 Å². The summed E-state index contributed by atoms with van der Waals surface area (Å²) in [6, 6.07) is 7.92. The summed E-state index contributed by atoms with van der Waals surface area (Å²) in [7, 11) is 0. The molecule has 0 bridgehead atoms. The average molecular weight is 233 g/mol. The highest BCUT2D eigenvalue weighted by atomic mass is 32.1. The van der Waals surface area contributed by atoms with Gasteiger partial charge in [0.2, 0.25) is 0 Å². The Bertz CT molecular complexity index is 465. The van der Waals surface area contributed by atoms with Crippen LogP contribution in [0, 0.1) is 6.92 Å². The first-order chi connectivity index (χ1) is 7.66. The molecule has 3 heteroatoms. The summed E-state index contributed by atoms with van der Waals surface area (Å²) >= 11 is 1.66. The Kier molecular flexibility index (Phi) is 3.15. The molecular formula is C13H15NOS. The van der Waals surface area contributed by atoms with Gasteiger partial charge in [-0.15, -0.1) is 0 Å². The van der Waals surface area contributed by atoms with Crippen LogP contribution in [0.2, 0.25) is 0 Å². The highest BCUT2D eigenvalue weighted by Gasteiger charge is 2.10. The van der Waals surface area contributed by atoms with Crippen LogP contribution in [0.4, 0.5) is 5.69 Å². The first-order valence-electron chi connectivity index (χ1n) is 5.25. The Morgan fingerprint density at radius 2 is 2.12 bits per heavy atom. The van der Waals surface area contributed by atoms with E-state index < -0.39 is 0 Å². The molecule has 0 radical (unpaired) electrons. The van der Waals surface area contributed by atoms with E-state index in [0.29, 0.717) is 5.75 Å². The van der Waals surface area contributed by atoms with E-state index in [2.05, 4.69) is 10.7 Å². The van der Waals surface area contributed by atoms with Gasteiger partial charge in [0.05, 0.1) is 6.04 Å². The van der Waals surface area contributed by atoms with Crippen molar-refractivity contribution in [1.29, 1.82) is 0 Å². The number of thiophene rings is 1. The Hall–Kier alpha value is -1.48. The molecule has 16 heavy (non-hydrogen) atoms. The summed E-state index contributed by atoms with van der Waals surface area (Å²) in [5.74, 6) is 0.357. The number of phenols is 1. The summed E-state index contributed by atoms with van der Waals surface area (Å²) < 4.78 is 0. The molecule has 2 rings (SSSR count). The molecule has 1 atom stereocenters. The molecule has 1 unspecified atom stereocenters.